The average molecular weight is 404 g/mol. The van der Waals surface area contributed by atoms with Gasteiger partial charge in [-0.05, 0) is 35.8 Å². The van der Waals surface area contributed by atoms with Crippen LogP contribution in [0.1, 0.15) is 29.0 Å². The molecule has 1 N–H and O–H groups in total. The number of amides is 2. The Balaban J connectivity index is 1.32. The maximum absolute atomic E-state index is 12.2. The maximum Gasteiger partial charge on any atom is 0.250 e. The summed E-state index contributed by atoms with van der Waals surface area (Å²) < 4.78 is 0. The van der Waals surface area contributed by atoms with Gasteiger partial charge in [-0.3, -0.25) is 14.9 Å². The fourth-order valence-corrected chi connectivity index (χ4v) is 3.93. The van der Waals surface area contributed by atoms with Gasteiger partial charge in [-0.15, -0.1) is 10.2 Å². The Bertz CT molecular complexity index is 1030. The second-order valence-corrected chi connectivity index (χ2v) is 7.79. The van der Waals surface area contributed by atoms with Gasteiger partial charge in [-0.1, -0.05) is 53.8 Å². The van der Waals surface area contributed by atoms with Crippen molar-refractivity contribution < 1.29 is 9.59 Å². The summed E-state index contributed by atoms with van der Waals surface area (Å²) in [4.78, 5) is 25.8. The molecule has 0 saturated carbocycles. The number of rotatable bonds is 6. The van der Waals surface area contributed by atoms with Crippen molar-refractivity contribution in [1.82, 2.24) is 10.2 Å². The van der Waals surface area contributed by atoms with Crippen LogP contribution in [0, 0.1) is 0 Å². The lowest BCUT2D eigenvalue weighted by Crippen LogP contribution is -2.23. The second kappa shape index (κ2) is 8.79. The molecule has 3 aromatic rings. The lowest BCUT2D eigenvalue weighted by atomic mass is 10.2. The first-order valence-electron chi connectivity index (χ1n) is 9.43. The first kappa shape index (κ1) is 19.0. The minimum Gasteiger partial charge on any atom is -0.312 e. The molecule has 2 heterocycles. The number of nitrogens with zero attached hydrogens (tertiary/aromatic N) is 3. The summed E-state index contributed by atoms with van der Waals surface area (Å²) in [5.74, 6) is -0.0948. The van der Waals surface area contributed by atoms with Crippen LogP contribution >= 0.6 is 11.3 Å². The Kier molecular flexibility index (Phi) is 5.76. The molecule has 1 fully saturated rings. The van der Waals surface area contributed by atoms with E-state index in [-0.39, 0.29) is 11.8 Å². The first-order chi connectivity index (χ1) is 14.2. The van der Waals surface area contributed by atoms with E-state index in [2.05, 4.69) is 15.5 Å². The molecule has 2 aromatic carbocycles. The number of carbonyl (C=O) groups excluding carboxylic acids is 2. The molecule has 6 nitrogen and oxygen atoms in total. The molecule has 0 atom stereocenters. The normalized spacial score (nSPS) is 13.9. The summed E-state index contributed by atoms with van der Waals surface area (Å²) in [6.07, 6.45) is 5.40. The Morgan fingerprint density at radius 3 is 2.62 bits per heavy atom. The molecular formula is C22H20N4O2S. The van der Waals surface area contributed by atoms with Gasteiger partial charge in [0.15, 0.2) is 0 Å². The molecule has 1 saturated heterocycles. The van der Waals surface area contributed by atoms with Crippen molar-refractivity contribution in [3.05, 3.63) is 76.8 Å². The van der Waals surface area contributed by atoms with Crippen LogP contribution in [0.4, 0.5) is 10.8 Å². The van der Waals surface area contributed by atoms with E-state index >= 15 is 0 Å². The molecule has 146 valence electrons. The fourth-order valence-electron chi connectivity index (χ4n) is 3.15. The van der Waals surface area contributed by atoms with E-state index in [1.165, 1.54) is 17.4 Å². The standard InChI is InChI=1S/C22H20N4O2S/c27-19(23-22-25-24-20(29-22)15-17-5-2-1-3-6-17)13-10-16-8-11-18(12-9-16)26-14-4-7-21(26)28/h1-3,5-6,8-13H,4,7,14-15H2,(H,23,25,27)/b13-10+. The lowest BCUT2D eigenvalue weighted by molar-refractivity contribution is -0.117. The molecule has 4 rings (SSSR count). The monoisotopic (exact) mass is 404 g/mol. The quantitative estimate of drug-likeness (QED) is 0.632. The zero-order valence-electron chi connectivity index (χ0n) is 15.7. The van der Waals surface area contributed by atoms with Crippen LogP contribution in [0.25, 0.3) is 6.08 Å². The molecule has 29 heavy (non-hydrogen) atoms. The third kappa shape index (κ3) is 4.94. The van der Waals surface area contributed by atoms with Gasteiger partial charge in [0.1, 0.15) is 5.01 Å². The summed E-state index contributed by atoms with van der Waals surface area (Å²) in [6.45, 7) is 0.768. The highest BCUT2D eigenvalue weighted by molar-refractivity contribution is 7.15. The van der Waals surface area contributed by atoms with E-state index in [1.54, 1.807) is 11.0 Å². The molecule has 0 radical (unpaired) electrons. The summed E-state index contributed by atoms with van der Waals surface area (Å²) in [5, 5.41) is 12.2. The van der Waals surface area contributed by atoms with Gasteiger partial charge < -0.3 is 4.90 Å². The van der Waals surface area contributed by atoms with Crippen molar-refractivity contribution in [1.29, 1.82) is 0 Å². The van der Waals surface area contributed by atoms with E-state index < -0.39 is 0 Å². The Morgan fingerprint density at radius 1 is 1.10 bits per heavy atom. The van der Waals surface area contributed by atoms with E-state index in [0.717, 1.165) is 34.8 Å². The molecule has 1 aromatic heterocycles. The largest absolute Gasteiger partial charge is 0.312 e. The van der Waals surface area contributed by atoms with E-state index in [1.807, 2.05) is 54.6 Å². The molecule has 2 amide bonds. The Hall–Kier alpha value is -3.32. The number of benzene rings is 2. The molecule has 0 spiro atoms. The van der Waals surface area contributed by atoms with Gasteiger partial charge >= 0.3 is 0 Å². The third-order valence-corrected chi connectivity index (χ3v) is 5.44. The first-order valence-corrected chi connectivity index (χ1v) is 10.2. The van der Waals surface area contributed by atoms with Gasteiger partial charge in [0.05, 0.1) is 0 Å². The van der Waals surface area contributed by atoms with Crippen LogP contribution in [0.3, 0.4) is 0 Å². The highest BCUT2D eigenvalue weighted by Crippen LogP contribution is 2.22. The average Bonchev–Trinajstić information content (AvgIpc) is 3.36. The van der Waals surface area contributed by atoms with Crippen molar-refractivity contribution in [2.75, 3.05) is 16.8 Å². The number of aromatic nitrogens is 2. The highest BCUT2D eigenvalue weighted by Gasteiger charge is 2.21. The Labute approximate surface area is 172 Å². The molecule has 1 aliphatic heterocycles. The summed E-state index contributed by atoms with van der Waals surface area (Å²) in [7, 11) is 0. The summed E-state index contributed by atoms with van der Waals surface area (Å²) >= 11 is 1.37. The van der Waals surface area contributed by atoms with Crippen LogP contribution in [-0.2, 0) is 16.0 Å². The van der Waals surface area contributed by atoms with E-state index in [0.29, 0.717) is 18.0 Å². The van der Waals surface area contributed by atoms with Crippen LogP contribution in [0.15, 0.2) is 60.7 Å². The van der Waals surface area contributed by atoms with Gasteiger partial charge in [-0.2, -0.15) is 0 Å². The zero-order chi connectivity index (χ0) is 20.1. The second-order valence-electron chi connectivity index (χ2n) is 6.73. The van der Waals surface area contributed by atoms with Crippen molar-refractivity contribution in [3.63, 3.8) is 0 Å². The molecule has 0 aliphatic carbocycles. The SMILES string of the molecule is O=C(/C=C/c1ccc(N2CCCC2=O)cc1)Nc1nnc(Cc2ccccc2)s1. The molecular weight excluding hydrogens is 384 g/mol. The van der Waals surface area contributed by atoms with Crippen molar-refractivity contribution in [3.8, 4) is 0 Å². The molecule has 1 aliphatic rings. The molecule has 0 bridgehead atoms. The summed E-state index contributed by atoms with van der Waals surface area (Å²) in [6, 6.07) is 17.6. The Morgan fingerprint density at radius 2 is 1.90 bits per heavy atom. The van der Waals surface area contributed by atoms with Crippen LogP contribution in [0.5, 0.6) is 0 Å². The fraction of sp³-hybridized carbons (Fsp3) is 0.182. The van der Waals surface area contributed by atoms with Gasteiger partial charge in [0.25, 0.3) is 0 Å². The smallest absolute Gasteiger partial charge is 0.250 e. The van der Waals surface area contributed by atoms with Gasteiger partial charge in [0.2, 0.25) is 16.9 Å². The van der Waals surface area contributed by atoms with E-state index in [9.17, 15) is 9.59 Å². The lowest BCUT2D eigenvalue weighted by Gasteiger charge is -2.15. The van der Waals surface area contributed by atoms with Crippen LogP contribution < -0.4 is 10.2 Å². The topological polar surface area (TPSA) is 75.2 Å². The third-order valence-electron chi connectivity index (χ3n) is 4.60. The number of carbonyl (C=O) groups is 2. The number of nitrogens with one attached hydrogen (secondary N) is 1. The predicted octanol–water partition coefficient (Wildman–Crippen LogP) is 3.91. The molecule has 0 unspecified atom stereocenters. The van der Waals surface area contributed by atoms with Gasteiger partial charge in [-0.25, -0.2) is 0 Å². The maximum atomic E-state index is 12.2. The van der Waals surface area contributed by atoms with Gasteiger partial charge in [0, 0.05) is 31.1 Å². The van der Waals surface area contributed by atoms with Crippen LogP contribution in [-0.4, -0.2) is 28.6 Å². The molecule has 7 heteroatoms. The summed E-state index contributed by atoms with van der Waals surface area (Å²) in [5.41, 5.74) is 2.94. The number of hydrogen-bond donors (Lipinski definition) is 1. The van der Waals surface area contributed by atoms with E-state index in [4.69, 9.17) is 0 Å². The highest BCUT2D eigenvalue weighted by atomic mass is 32.1. The van der Waals surface area contributed by atoms with Crippen LogP contribution in [0.2, 0.25) is 0 Å². The minimum atomic E-state index is -0.258. The van der Waals surface area contributed by atoms with Crippen molar-refractivity contribution in [2.45, 2.75) is 19.3 Å². The number of hydrogen-bond acceptors (Lipinski definition) is 5. The minimum absolute atomic E-state index is 0.163. The van der Waals surface area contributed by atoms with Crippen molar-refractivity contribution in [2.24, 2.45) is 0 Å². The zero-order valence-corrected chi connectivity index (χ0v) is 16.6. The number of anilines is 2. The van der Waals surface area contributed by atoms with Crippen molar-refractivity contribution >= 4 is 40.0 Å². The predicted molar refractivity (Wildman–Crippen MR) is 115 cm³/mol.